The Labute approximate surface area is 55.1 Å². The Kier molecular flexibility index (Phi) is 1.24. The first-order valence-electron chi connectivity index (χ1n) is 3.50. The molecule has 0 aromatic heterocycles. The largest absolute Gasteiger partial charge is 0.384 e. The van der Waals surface area contributed by atoms with E-state index < -0.39 is 0 Å². The van der Waals surface area contributed by atoms with Crippen LogP contribution >= 0.6 is 0 Å². The van der Waals surface area contributed by atoms with Gasteiger partial charge in [-0.3, -0.25) is 0 Å². The van der Waals surface area contributed by atoms with Gasteiger partial charge in [0, 0.05) is 13.7 Å². The highest BCUT2D eigenvalue weighted by molar-refractivity contribution is 4.99. The maximum atomic E-state index is 5.23. The summed E-state index contributed by atoms with van der Waals surface area (Å²) in [5, 5.41) is 0. The molecule has 1 aliphatic heterocycles. The molecule has 0 amide bonds. The molecule has 0 aromatic rings. The van der Waals surface area contributed by atoms with Crippen LogP contribution in [0, 0.1) is 17.8 Å². The highest BCUT2D eigenvalue weighted by Gasteiger charge is 2.53. The van der Waals surface area contributed by atoms with Crippen molar-refractivity contribution in [2.45, 2.75) is 0 Å². The lowest BCUT2D eigenvalue weighted by molar-refractivity contribution is 0.115. The molecule has 2 fully saturated rings. The quantitative estimate of drug-likeness (QED) is 0.540. The van der Waals surface area contributed by atoms with Gasteiger partial charge in [-0.15, -0.1) is 0 Å². The number of hydrogen-bond acceptors (Lipinski definition) is 2. The van der Waals surface area contributed by atoms with Gasteiger partial charge in [0.15, 0.2) is 0 Å². The van der Waals surface area contributed by atoms with Crippen LogP contribution < -0.4 is 0 Å². The molecule has 2 rings (SSSR count). The fourth-order valence-corrected chi connectivity index (χ4v) is 1.80. The van der Waals surface area contributed by atoms with Gasteiger partial charge in [0.1, 0.15) is 0 Å². The van der Waals surface area contributed by atoms with Crippen LogP contribution in [0.2, 0.25) is 0 Å². The Bertz CT molecular complexity index is 103. The SMILES string of the molecule is COCC1C2COCC12. The fourth-order valence-electron chi connectivity index (χ4n) is 1.80. The maximum Gasteiger partial charge on any atom is 0.0501 e. The summed E-state index contributed by atoms with van der Waals surface area (Å²) < 4.78 is 10.3. The van der Waals surface area contributed by atoms with Crippen molar-refractivity contribution < 1.29 is 9.47 Å². The molecule has 2 aliphatic rings. The van der Waals surface area contributed by atoms with E-state index in [2.05, 4.69) is 0 Å². The Morgan fingerprint density at radius 3 is 2.67 bits per heavy atom. The van der Waals surface area contributed by atoms with E-state index in [1.54, 1.807) is 7.11 Å². The average Bonchev–Trinajstić information content (AvgIpc) is 2.39. The lowest BCUT2D eigenvalue weighted by Gasteiger charge is -2.00. The predicted octanol–water partition coefficient (Wildman–Crippen LogP) is 0.525. The zero-order chi connectivity index (χ0) is 6.27. The Morgan fingerprint density at radius 2 is 2.11 bits per heavy atom. The van der Waals surface area contributed by atoms with E-state index in [0.29, 0.717) is 0 Å². The lowest BCUT2D eigenvalue weighted by atomic mass is 10.3. The summed E-state index contributed by atoms with van der Waals surface area (Å²) in [6, 6.07) is 0. The van der Waals surface area contributed by atoms with Crippen molar-refractivity contribution in [1.82, 2.24) is 0 Å². The number of rotatable bonds is 2. The molecule has 1 saturated heterocycles. The third-order valence-electron chi connectivity index (χ3n) is 2.49. The molecule has 0 radical (unpaired) electrons. The molecule has 1 saturated carbocycles. The number of ether oxygens (including phenoxy) is 2. The summed E-state index contributed by atoms with van der Waals surface area (Å²) >= 11 is 0. The van der Waals surface area contributed by atoms with Crippen molar-refractivity contribution >= 4 is 0 Å². The summed E-state index contributed by atoms with van der Waals surface area (Å²) in [5.41, 5.74) is 0. The molecule has 52 valence electrons. The van der Waals surface area contributed by atoms with Crippen molar-refractivity contribution in [3.63, 3.8) is 0 Å². The number of hydrogen-bond donors (Lipinski definition) is 0. The van der Waals surface area contributed by atoms with Crippen molar-refractivity contribution in [3.8, 4) is 0 Å². The van der Waals surface area contributed by atoms with E-state index in [-0.39, 0.29) is 0 Å². The second-order valence-electron chi connectivity index (χ2n) is 2.98. The maximum absolute atomic E-state index is 5.23. The van der Waals surface area contributed by atoms with E-state index in [1.807, 2.05) is 0 Å². The zero-order valence-electron chi connectivity index (χ0n) is 5.67. The molecule has 2 atom stereocenters. The summed E-state index contributed by atoms with van der Waals surface area (Å²) in [5.74, 6) is 2.54. The lowest BCUT2D eigenvalue weighted by Crippen LogP contribution is -2.02. The topological polar surface area (TPSA) is 18.5 Å². The monoisotopic (exact) mass is 128 g/mol. The fraction of sp³-hybridized carbons (Fsp3) is 1.00. The van der Waals surface area contributed by atoms with Crippen LogP contribution in [0.15, 0.2) is 0 Å². The van der Waals surface area contributed by atoms with Crippen LogP contribution in [0.5, 0.6) is 0 Å². The Hall–Kier alpha value is -0.0800. The zero-order valence-corrected chi connectivity index (χ0v) is 5.67. The van der Waals surface area contributed by atoms with E-state index >= 15 is 0 Å². The molecule has 2 heteroatoms. The van der Waals surface area contributed by atoms with E-state index in [4.69, 9.17) is 9.47 Å². The molecule has 2 nitrogen and oxygen atoms in total. The average molecular weight is 128 g/mol. The third-order valence-corrected chi connectivity index (χ3v) is 2.49. The van der Waals surface area contributed by atoms with Gasteiger partial charge in [-0.05, 0) is 17.8 Å². The van der Waals surface area contributed by atoms with Gasteiger partial charge < -0.3 is 9.47 Å². The molecule has 0 bridgehead atoms. The number of fused-ring (bicyclic) bond motifs is 1. The van der Waals surface area contributed by atoms with Crippen LogP contribution in [0.25, 0.3) is 0 Å². The summed E-state index contributed by atoms with van der Waals surface area (Å²) in [6.07, 6.45) is 0. The first-order chi connectivity index (χ1) is 4.43. The highest BCUT2D eigenvalue weighted by Crippen LogP contribution is 2.50. The van der Waals surface area contributed by atoms with Crippen LogP contribution in [0.1, 0.15) is 0 Å². The van der Waals surface area contributed by atoms with Gasteiger partial charge in [-0.1, -0.05) is 0 Å². The third kappa shape index (κ3) is 0.775. The molecule has 1 heterocycles. The molecule has 0 aromatic carbocycles. The van der Waals surface area contributed by atoms with Crippen LogP contribution in [-0.2, 0) is 9.47 Å². The molecule has 0 spiro atoms. The van der Waals surface area contributed by atoms with Crippen molar-refractivity contribution in [2.24, 2.45) is 17.8 Å². The summed E-state index contributed by atoms with van der Waals surface area (Å²) in [7, 11) is 1.77. The van der Waals surface area contributed by atoms with Gasteiger partial charge in [0.25, 0.3) is 0 Å². The molecule has 0 N–H and O–H groups in total. The Morgan fingerprint density at radius 1 is 1.44 bits per heavy atom. The minimum Gasteiger partial charge on any atom is -0.384 e. The van der Waals surface area contributed by atoms with E-state index in [0.717, 1.165) is 37.6 Å². The first kappa shape index (κ1) is 5.69. The second-order valence-corrected chi connectivity index (χ2v) is 2.98. The molecular formula is C7H12O2. The van der Waals surface area contributed by atoms with Gasteiger partial charge in [0.05, 0.1) is 13.2 Å². The number of methoxy groups -OCH3 is 1. The predicted molar refractivity (Wildman–Crippen MR) is 33.2 cm³/mol. The van der Waals surface area contributed by atoms with Crippen LogP contribution in [0.3, 0.4) is 0 Å². The Balaban J connectivity index is 1.81. The minimum absolute atomic E-state index is 0.837. The van der Waals surface area contributed by atoms with Gasteiger partial charge in [-0.25, -0.2) is 0 Å². The second kappa shape index (κ2) is 1.96. The summed E-state index contributed by atoms with van der Waals surface area (Å²) in [6.45, 7) is 2.91. The van der Waals surface area contributed by atoms with Gasteiger partial charge in [-0.2, -0.15) is 0 Å². The van der Waals surface area contributed by atoms with Crippen molar-refractivity contribution in [1.29, 1.82) is 0 Å². The van der Waals surface area contributed by atoms with Crippen LogP contribution in [0.4, 0.5) is 0 Å². The van der Waals surface area contributed by atoms with Gasteiger partial charge in [0.2, 0.25) is 0 Å². The van der Waals surface area contributed by atoms with E-state index in [1.165, 1.54) is 0 Å². The first-order valence-corrected chi connectivity index (χ1v) is 3.50. The molecule has 9 heavy (non-hydrogen) atoms. The molecular weight excluding hydrogens is 116 g/mol. The summed E-state index contributed by atoms with van der Waals surface area (Å²) in [4.78, 5) is 0. The standard InChI is InChI=1S/C7H12O2/c1-8-2-5-6-3-9-4-7(5)6/h5-7H,2-4H2,1H3. The van der Waals surface area contributed by atoms with Crippen molar-refractivity contribution in [2.75, 3.05) is 26.9 Å². The highest BCUT2D eigenvalue weighted by atomic mass is 16.5. The minimum atomic E-state index is 0.837. The normalized spacial score (nSPS) is 47.0. The van der Waals surface area contributed by atoms with Gasteiger partial charge >= 0.3 is 0 Å². The van der Waals surface area contributed by atoms with E-state index in [9.17, 15) is 0 Å². The van der Waals surface area contributed by atoms with Crippen LogP contribution in [-0.4, -0.2) is 26.9 Å². The van der Waals surface area contributed by atoms with Crippen molar-refractivity contribution in [3.05, 3.63) is 0 Å². The smallest absolute Gasteiger partial charge is 0.0501 e. The molecule has 2 unspecified atom stereocenters. The molecule has 1 aliphatic carbocycles.